The number of ether oxygens (including phenoxy) is 1. The number of benzene rings is 2. The first-order valence-corrected chi connectivity index (χ1v) is 17.0. The Hall–Kier alpha value is -4.15. The fraction of sp³-hybridized carbons (Fsp3) is 0.500. The van der Waals surface area contributed by atoms with Crippen molar-refractivity contribution < 1.29 is 39.5 Å². The Bertz CT molecular complexity index is 1730. The Kier molecular flexibility index (Phi) is 8.93. The lowest BCUT2D eigenvalue weighted by atomic mass is 9.57. The van der Waals surface area contributed by atoms with E-state index in [0.717, 1.165) is 34.8 Å². The smallest absolute Gasteiger partial charge is 0.255 e. The zero-order chi connectivity index (χ0) is 34.7. The molecule has 2 fully saturated rings. The molecule has 0 bridgehead atoms. The standard InChI is InChI=1S/C38H46N2O8/c1-5-6-19-7-9-20(10-8-19)15-22-16-21(11-14-28(22)48-4)24-12-13-27(41)30-25(24)17-23-18-26-32(40(2)3)34(43)31(37(39)46)36(45)38(26,47)35(44)29(23)33(30)42/h11-14,16,19-20,23,26,32,41-42,45,47H,5-10,15,17-18H2,1-4H3,(H2,39,46)/t19?,20?,23-,26-,32-,38-/m1/s1. The van der Waals surface area contributed by atoms with Crippen LogP contribution in [-0.4, -0.2) is 75.6 Å². The lowest BCUT2D eigenvalue weighted by molar-refractivity contribution is -0.153. The molecule has 2 aromatic rings. The number of aliphatic hydroxyl groups excluding tert-OH is 2. The van der Waals surface area contributed by atoms with Gasteiger partial charge in [-0.3, -0.25) is 19.3 Å². The van der Waals surface area contributed by atoms with E-state index >= 15 is 0 Å². The molecule has 10 nitrogen and oxygen atoms in total. The number of nitrogens with two attached hydrogens (primary N) is 1. The van der Waals surface area contributed by atoms with Gasteiger partial charge in [0.15, 0.2) is 11.4 Å². The summed E-state index contributed by atoms with van der Waals surface area (Å²) in [6.07, 6.45) is 8.49. The van der Waals surface area contributed by atoms with Crippen LogP contribution in [0.1, 0.15) is 68.6 Å². The molecule has 2 aromatic carbocycles. The van der Waals surface area contributed by atoms with E-state index in [9.17, 15) is 34.8 Å². The number of ketones is 2. The van der Waals surface area contributed by atoms with Crippen molar-refractivity contribution in [1.29, 1.82) is 0 Å². The molecule has 0 radical (unpaired) electrons. The van der Waals surface area contributed by atoms with Gasteiger partial charge in [-0.1, -0.05) is 44.7 Å². The summed E-state index contributed by atoms with van der Waals surface area (Å²) in [5.41, 5.74) is 5.23. The molecule has 4 atom stereocenters. The van der Waals surface area contributed by atoms with Crippen LogP contribution in [0.2, 0.25) is 0 Å². The second kappa shape index (κ2) is 12.7. The predicted molar refractivity (Wildman–Crippen MR) is 180 cm³/mol. The Morgan fingerprint density at radius 1 is 1.04 bits per heavy atom. The molecular weight excluding hydrogens is 612 g/mol. The van der Waals surface area contributed by atoms with E-state index in [1.807, 2.05) is 12.1 Å². The van der Waals surface area contributed by atoms with Crippen LogP contribution < -0.4 is 10.5 Å². The molecule has 0 saturated heterocycles. The first-order valence-electron chi connectivity index (χ1n) is 17.0. The van der Waals surface area contributed by atoms with Crippen molar-refractivity contribution in [2.45, 2.75) is 76.4 Å². The molecule has 0 heterocycles. The van der Waals surface area contributed by atoms with E-state index in [1.165, 1.54) is 49.5 Å². The van der Waals surface area contributed by atoms with Crippen LogP contribution in [0.15, 0.2) is 47.2 Å². The molecule has 6 rings (SSSR count). The number of aliphatic hydroxyl groups is 3. The average molecular weight is 659 g/mol. The predicted octanol–water partition coefficient (Wildman–Crippen LogP) is 4.79. The largest absolute Gasteiger partial charge is 0.508 e. The van der Waals surface area contributed by atoms with Gasteiger partial charge in [-0.25, -0.2) is 0 Å². The number of phenolic OH excluding ortho intramolecular Hbond substituents is 1. The van der Waals surface area contributed by atoms with Gasteiger partial charge in [-0.15, -0.1) is 0 Å². The lowest BCUT2D eigenvalue weighted by Crippen LogP contribution is -2.65. The lowest BCUT2D eigenvalue weighted by Gasteiger charge is -2.50. The van der Waals surface area contributed by atoms with Crippen LogP contribution in [0, 0.1) is 23.7 Å². The summed E-state index contributed by atoms with van der Waals surface area (Å²) >= 11 is 0. The quantitative estimate of drug-likeness (QED) is 0.250. The van der Waals surface area contributed by atoms with E-state index in [2.05, 4.69) is 13.0 Å². The first-order chi connectivity index (χ1) is 22.8. The molecule has 0 unspecified atom stereocenters. The summed E-state index contributed by atoms with van der Waals surface area (Å²) in [5.74, 6) is -4.49. The number of carbonyl (C=O) groups excluding carboxylic acids is 3. The third-order valence-electron chi connectivity index (χ3n) is 11.4. The summed E-state index contributed by atoms with van der Waals surface area (Å²) in [4.78, 5) is 41.3. The van der Waals surface area contributed by atoms with Crippen molar-refractivity contribution in [3.05, 3.63) is 63.9 Å². The zero-order valence-corrected chi connectivity index (χ0v) is 28.1. The molecule has 2 saturated carbocycles. The molecule has 4 aliphatic carbocycles. The summed E-state index contributed by atoms with van der Waals surface area (Å²) in [7, 11) is 4.84. The van der Waals surface area contributed by atoms with Gasteiger partial charge in [-0.2, -0.15) is 0 Å². The van der Waals surface area contributed by atoms with E-state index < -0.39 is 58.0 Å². The molecule has 0 spiro atoms. The number of fused-ring (bicyclic) bond motifs is 3. The number of nitrogens with zero attached hydrogens (tertiary/aromatic N) is 1. The second-order valence-corrected chi connectivity index (χ2v) is 14.4. The maximum absolute atomic E-state index is 14.2. The summed E-state index contributed by atoms with van der Waals surface area (Å²) < 4.78 is 5.76. The highest BCUT2D eigenvalue weighted by Gasteiger charge is 2.64. The summed E-state index contributed by atoms with van der Waals surface area (Å²) in [6, 6.07) is 8.15. The average Bonchev–Trinajstić information content (AvgIpc) is 3.03. The molecular formula is C38H46N2O8. The summed E-state index contributed by atoms with van der Waals surface area (Å²) in [5, 5.41) is 45.7. The number of rotatable bonds is 8. The van der Waals surface area contributed by atoms with Gasteiger partial charge in [0, 0.05) is 11.5 Å². The van der Waals surface area contributed by atoms with Crippen molar-refractivity contribution in [3.8, 4) is 22.6 Å². The van der Waals surface area contributed by atoms with Crippen molar-refractivity contribution in [3.63, 3.8) is 0 Å². The topological polar surface area (TPSA) is 171 Å². The van der Waals surface area contributed by atoms with Crippen LogP contribution >= 0.6 is 0 Å². The highest BCUT2D eigenvalue weighted by Crippen LogP contribution is 2.54. The van der Waals surface area contributed by atoms with Crippen molar-refractivity contribution >= 4 is 23.2 Å². The second-order valence-electron chi connectivity index (χ2n) is 14.4. The van der Waals surface area contributed by atoms with Crippen molar-refractivity contribution in [1.82, 2.24) is 4.90 Å². The first kappa shape index (κ1) is 33.7. The van der Waals surface area contributed by atoms with Crippen LogP contribution in [0.4, 0.5) is 0 Å². The highest BCUT2D eigenvalue weighted by atomic mass is 16.5. The molecule has 0 aromatic heterocycles. The van der Waals surface area contributed by atoms with Gasteiger partial charge in [0.2, 0.25) is 5.78 Å². The van der Waals surface area contributed by atoms with Gasteiger partial charge >= 0.3 is 0 Å². The number of aromatic hydroxyl groups is 1. The fourth-order valence-corrected chi connectivity index (χ4v) is 9.06. The van der Waals surface area contributed by atoms with Crippen LogP contribution in [0.25, 0.3) is 16.9 Å². The third-order valence-corrected chi connectivity index (χ3v) is 11.4. The maximum Gasteiger partial charge on any atom is 0.255 e. The van der Waals surface area contributed by atoms with E-state index in [0.29, 0.717) is 11.5 Å². The minimum atomic E-state index is -2.67. The molecule has 256 valence electrons. The SMILES string of the molecule is CCCC1CCC(Cc2cc(-c3ccc(O)c4c3C[C@@H]3C[C@@H]5[C@@H](N(C)C)C(=O)C(C(N)=O)=C(O)[C@]5(O)C(=O)C3=C4O)ccc2OC)CC1. The number of hydrogen-bond acceptors (Lipinski definition) is 9. The number of Topliss-reactive ketones (excluding diaryl/α,β-unsaturated/α-hetero) is 2. The number of hydrogen-bond donors (Lipinski definition) is 5. The zero-order valence-electron chi connectivity index (χ0n) is 28.1. The Morgan fingerprint density at radius 2 is 1.73 bits per heavy atom. The number of likely N-dealkylation sites (N-methyl/N-ethyl adjacent to an activating group) is 1. The Balaban J connectivity index is 1.42. The van der Waals surface area contributed by atoms with Gasteiger partial charge in [0.25, 0.3) is 5.91 Å². The molecule has 0 aliphatic heterocycles. The minimum absolute atomic E-state index is 0.0371. The van der Waals surface area contributed by atoms with Crippen molar-refractivity contribution in [2.75, 3.05) is 21.2 Å². The van der Waals surface area contributed by atoms with E-state index in [4.69, 9.17) is 10.5 Å². The van der Waals surface area contributed by atoms with Crippen LogP contribution in [0.5, 0.6) is 11.5 Å². The monoisotopic (exact) mass is 658 g/mol. The Morgan fingerprint density at radius 3 is 2.35 bits per heavy atom. The molecule has 4 aliphatic rings. The van der Waals surface area contributed by atoms with Gasteiger partial charge in [0.1, 0.15) is 28.6 Å². The minimum Gasteiger partial charge on any atom is -0.508 e. The van der Waals surface area contributed by atoms with Gasteiger partial charge < -0.3 is 30.9 Å². The third kappa shape index (κ3) is 5.29. The van der Waals surface area contributed by atoms with E-state index in [-0.39, 0.29) is 29.7 Å². The fourth-order valence-electron chi connectivity index (χ4n) is 9.06. The maximum atomic E-state index is 14.2. The number of methoxy groups -OCH3 is 1. The number of amides is 1. The molecule has 10 heteroatoms. The van der Waals surface area contributed by atoms with Gasteiger partial charge in [-0.05, 0) is 104 Å². The summed E-state index contributed by atoms with van der Waals surface area (Å²) in [6.45, 7) is 2.24. The normalized spacial score (nSPS) is 28.7. The van der Waals surface area contributed by atoms with Crippen molar-refractivity contribution in [2.24, 2.45) is 29.4 Å². The number of primary amides is 1. The highest BCUT2D eigenvalue weighted by molar-refractivity contribution is 6.24. The Labute approximate surface area is 280 Å². The molecule has 1 amide bonds. The van der Waals surface area contributed by atoms with Crippen LogP contribution in [-0.2, 0) is 27.2 Å². The number of phenols is 1. The molecule has 48 heavy (non-hydrogen) atoms. The van der Waals surface area contributed by atoms with Crippen LogP contribution in [0.3, 0.4) is 0 Å². The number of carbonyl (C=O) groups is 3. The molecule has 6 N–H and O–H groups in total. The van der Waals surface area contributed by atoms with E-state index in [1.54, 1.807) is 27.3 Å². The van der Waals surface area contributed by atoms with Gasteiger partial charge in [0.05, 0.1) is 18.7 Å².